The molecule has 0 spiro atoms. The maximum Gasteiger partial charge on any atom is 0.247 e. The first kappa shape index (κ1) is 17.6. The lowest BCUT2D eigenvalue weighted by Gasteiger charge is -2.19. The van der Waals surface area contributed by atoms with Crippen LogP contribution in [0.2, 0.25) is 0 Å². The van der Waals surface area contributed by atoms with Crippen LogP contribution in [0.15, 0.2) is 54.1 Å². The molecule has 2 aromatic heterocycles. The fraction of sp³-hybridized carbons (Fsp3) is 0.273. The zero-order chi connectivity index (χ0) is 18.6. The maximum atomic E-state index is 12.8. The Kier molecular flexibility index (Phi) is 5.08. The Balaban J connectivity index is 1.56. The van der Waals surface area contributed by atoms with Gasteiger partial charge in [0.15, 0.2) is 0 Å². The molecule has 0 aliphatic heterocycles. The van der Waals surface area contributed by atoms with Crippen molar-refractivity contribution in [1.29, 1.82) is 5.26 Å². The van der Waals surface area contributed by atoms with Crippen molar-refractivity contribution in [2.75, 3.05) is 0 Å². The summed E-state index contributed by atoms with van der Waals surface area (Å²) in [6.07, 6.45) is 8.31. The van der Waals surface area contributed by atoms with Gasteiger partial charge in [-0.05, 0) is 36.4 Å². The molecule has 1 aliphatic carbocycles. The molecule has 0 unspecified atom stereocenters. The van der Waals surface area contributed by atoms with Crippen LogP contribution in [0.1, 0.15) is 29.7 Å². The van der Waals surface area contributed by atoms with Crippen LogP contribution in [0.3, 0.4) is 0 Å². The van der Waals surface area contributed by atoms with Gasteiger partial charge in [-0.3, -0.25) is 4.79 Å². The molecular weight excluding hydrogens is 354 g/mol. The number of hydrogen-bond donors (Lipinski definition) is 0. The third-order valence-electron chi connectivity index (χ3n) is 4.87. The molecule has 4 rings (SSSR count). The van der Waals surface area contributed by atoms with E-state index in [1.807, 2.05) is 35.4 Å². The molecule has 1 fully saturated rings. The molecule has 0 bridgehead atoms. The molecule has 0 N–H and O–H groups in total. The number of carbonyl (C=O) groups is 1. The second-order valence-electron chi connectivity index (χ2n) is 6.81. The first-order valence-electron chi connectivity index (χ1n) is 9.22. The van der Waals surface area contributed by atoms with E-state index >= 15 is 0 Å². The number of benzene rings is 1. The maximum absolute atomic E-state index is 12.8. The van der Waals surface area contributed by atoms with E-state index in [0.29, 0.717) is 25.6 Å². The van der Waals surface area contributed by atoms with Crippen LogP contribution in [0.4, 0.5) is 0 Å². The van der Waals surface area contributed by atoms with Gasteiger partial charge in [0.1, 0.15) is 0 Å². The SMILES string of the molecule is N#CCCn1cc(/C=C/C(=O)N(Cc2cccs2)C2CC2)c2ccccc21. The lowest BCUT2D eigenvalue weighted by Crippen LogP contribution is -2.30. The summed E-state index contributed by atoms with van der Waals surface area (Å²) in [5, 5.41) is 12.0. The molecule has 0 radical (unpaired) electrons. The van der Waals surface area contributed by atoms with Crippen LogP contribution in [0, 0.1) is 11.3 Å². The summed E-state index contributed by atoms with van der Waals surface area (Å²) in [7, 11) is 0. The van der Waals surface area contributed by atoms with Crippen molar-refractivity contribution in [2.45, 2.75) is 38.4 Å². The van der Waals surface area contributed by atoms with E-state index in [2.05, 4.69) is 34.2 Å². The first-order chi connectivity index (χ1) is 13.3. The van der Waals surface area contributed by atoms with Gasteiger partial charge in [0.2, 0.25) is 5.91 Å². The second kappa shape index (κ2) is 7.81. The molecule has 1 aliphatic rings. The molecule has 0 saturated heterocycles. The first-order valence-corrected chi connectivity index (χ1v) is 10.1. The number of carbonyl (C=O) groups excluding carboxylic acids is 1. The van der Waals surface area contributed by atoms with E-state index in [-0.39, 0.29) is 5.91 Å². The Labute approximate surface area is 162 Å². The van der Waals surface area contributed by atoms with Crippen LogP contribution in [-0.4, -0.2) is 21.4 Å². The number of amides is 1. The highest BCUT2D eigenvalue weighted by molar-refractivity contribution is 7.09. The Hall–Kier alpha value is -2.84. The van der Waals surface area contributed by atoms with E-state index in [9.17, 15) is 4.79 Å². The second-order valence-corrected chi connectivity index (χ2v) is 7.85. The number of aromatic nitrogens is 1. The molecule has 0 atom stereocenters. The summed E-state index contributed by atoms with van der Waals surface area (Å²) < 4.78 is 2.09. The van der Waals surface area contributed by atoms with Gasteiger partial charge >= 0.3 is 0 Å². The Morgan fingerprint density at radius 2 is 2.15 bits per heavy atom. The average Bonchev–Trinajstić information content (AvgIpc) is 3.28. The fourth-order valence-corrected chi connectivity index (χ4v) is 4.07. The van der Waals surface area contributed by atoms with Crippen LogP contribution in [0.5, 0.6) is 0 Å². The van der Waals surface area contributed by atoms with Gasteiger partial charge < -0.3 is 9.47 Å². The van der Waals surface area contributed by atoms with E-state index in [1.165, 1.54) is 4.88 Å². The number of fused-ring (bicyclic) bond motifs is 1. The van der Waals surface area contributed by atoms with Crippen molar-refractivity contribution in [1.82, 2.24) is 9.47 Å². The lowest BCUT2D eigenvalue weighted by atomic mass is 10.1. The molecule has 1 amide bonds. The van der Waals surface area contributed by atoms with Crippen molar-refractivity contribution in [2.24, 2.45) is 0 Å². The van der Waals surface area contributed by atoms with Crippen molar-refractivity contribution < 1.29 is 4.79 Å². The molecular formula is C22H21N3OS. The van der Waals surface area contributed by atoms with E-state index in [4.69, 9.17) is 5.26 Å². The summed E-state index contributed by atoms with van der Waals surface area (Å²) >= 11 is 1.69. The number of nitrogens with zero attached hydrogens (tertiary/aromatic N) is 3. The zero-order valence-corrected chi connectivity index (χ0v) is 15.9. The number of para-hydroxylation sites is 1. The molecule has 136 valence electrons. The monoisotopic (exact) mass is 375 g/mol. The summed E-state index contributed by atoms with van der Waals surface area (Å²) in [6.45, 7) is 1.35. The summed E-state index contributed by atoms with van der Waals surface area (Å²) in [5.41, 5.74) is 2.11. The largest absolute Gasteiger partial charge is 0.346 e. The normalized spacial score (nSPS) is 13.9. The number of thiophene rings is 1. The van der Waals surface area contributed by atoms with Crippen LogP contribution >= 0.6 is 11.3 Å². The van der Waals surface area contributed by atoms with Crippen molar-refractivity contribution in [3.63, 3.8) is 0 Å². The van der Waals surface area contributed by atoms with Crippen molar-refractivity contribution >= 4 is 34.2 Å². The molecule has 2 heterocycles. The van der Waals surface area contributed by atoms with E-state index in [1.54, 1.807) is 17.4 Å². The molecule has 3 aromatic rings. The minimum absolute atomic E-state index is 0.0692. The van der Waals surface area contributed by atoms with Crippen LogP contribution in [-0.2, 0) is 17.9 Å². The predicted octanol–water partition coefficient (Wildman–Crippen LogP) is 4.82. The molecule has 27 heavy (non-hydrogen) atoms. The Bertz CT molecular complexity index is 1010. The Morgan fingerprint density at radius 1 is 1.30 bits per heavy atom. The van der Waals surface area contributed by atoms with E-state index < -0.39 is 0 Å². The topological polar surface area (TPSA) is 49.0 Å². The van der Waals surface area contributed by atoms with Gasteiger partial charge in [-0.15, -0.1) is 11.3 Å². The lowest BCUT2D eigenvalue weighted by molar-refractivity contribution is -0.127. The van der Waals surface area contributed by atoms with Crippen molar-refractivity contribution in [3.05, 3.63) is 64.5 Å². The van der Waals surface area contributed by atoms with Crippen LogP contribution in [0.25, 0.3) is 17.0 Å². The number of rotatable bonds is 7. The molecule has 4 nitrogen and oxygen atoms in total. The number of hydrogen-bond acceptors (Lipinski definition) is 3. The highest BCUT2D eigenvalue weighted by Crippen LogP contribution is 2.30. The average molecular weight is 375 g/mol. The van der Waals surface area contributed by atoms with Gasteiger partial charge in [-0.2, -0.15) is 5.26 Å². The summed E-state index contributed by atoms with van der Waals surface area (Å²) in [4.78, 5) is 16.0. The third kappa shape index (κ3) is 3.96. The van der Waals surface area contributed by atoms with Gasteiger partial charge in [0.05, 0.1) is 19.0 Å². The highest BCUT2D eigenvalue weighted by Gasteiger charge is 2.31. The molecule has 1 aromatic carbocycles. The summed E-state index contributed by atoms with van der Waals surface area (Å²) in [6, 6.07) is 14.8. The molecule has 1 saturated carbocycles. The molecule has 5 heteroatoms. The zero-order valence-electron chi connectivity index (χ0n) is 15.0. The smallest absolute Gasteiger partial charge is 0.247 e. The quantitative estimate of drug-likeness (QED) is 0.556. The minimum Gasteiger partial charge on any atom is -0.346 e. The van der Waals surface area contributed by atoms with Gasteiger partial charge in [0.25, 0.3) is 0 Å². The van der Waals surface area contributed by atoms with Gasteiger partial charge in [0, 0.05) is 46.2 Å². The highest BCUT2D eigenvalue weighted by atomic mass is 32.1. The summed E-state index contributed by atoms with van der Waals surface area (Å²) in [5.74, 6) is 0.0692. The van der Waals surface area contributed by atoms with Crippen LogP contribution < -0.4 is 0 Å². The Morgan fingerprint density at radius 3 is 2.89 bits per heavy atom. The van der Waals surface area contributed by atoms with Crippen molar-refractivity contribution in [3.8, 4) is 6.07 Å². The van der Waals surface area contributed by atoms with E-state index in [0.717, 1.165) is 29.3 Å². The standard InChI is InChI=1S/C22H21N3OS/c23-12-4-13-24-15-17(20-6-1-2-7-21(20)24)8-11-22(26)25(18-9-10-18)16-19-5-3-14-27-19/h1-3,5-8,11,14-15,18H,4,9-10,13,16H2/b11-8+. The predicted molar refractivity (Wildman–Crippen MR) is 109 cm³/mol. The number of aryl methyl sites for hydroxylation is 1. The van der Waals surface area contributed by atoms with Gasteiger partial charge in [-0.25, -0.2) is 0 Å². The fourth-order valence-electron chi connectivity index (χ4n) is 3.36. The van der Waals surface area contributed by atoms with Gasteiger partial charge in [-0.1, -0.05) is 24.3 Å². The minimum atomic E-state index is 0.0692. The number of nitriles is 1. The third-order valence-corrected chi connectivity index (χ3v) is 5.73.